The maximum Gasteiger partial charge on any atom is 0.335 e. The lowest BCUT2D eigenvalue weighted by Crippen LogP contribution is -2.34. The molecule has 0 aliphatic heterocycles. The number of rotatable bonds is 6. The minimum atomic E-state index is -0.479. The molecule has 18 heavy (non-hydrogen) atoms. The van der Waals surface area contributed by atoms with Crippen LogP contribution in [-0.4, -0.2) is 37.4 Å². The zero-order chi connectivity index (χ0) is 13.4. The topological polar surface area (TPSA) is 106 Å². The maximum atomic E-state index is 11.1. The van der Waals surface area contributed by atoms with Crippen LogP contribution in [0.25, 0.3) is 0 Å². The van der Waals surface area contributed by atoms with Crippen LogP contribution in [0.3, 0.4) is 0 Å². The molecule has 0 aliphatic carbocycles. The minimum absolute atomic E-state index is 0.0287. The van der Waals surface area contributed by atoms with Gasteiger partial charge in [0.1, 0.15) is 0 Å². The highest BCUT2D eigenvalue weighted by atomic mass is 32.1. The number of urea groups is 1. The molecule has 1 heterocycles. The third-order valence-corrected chi connectivity index (χ3v) is 2.71. The molecule has 0 unspecified atom stereocenters. The predicted octanol–water partition coefficient (Wildman–Crippen LogP) is 0.936. The Kier molecular flexibility index (Phi) is 5.74. The van der Waals surface area contributed by atoms with E-state index in [9.17, 15) is 14.9 Å². The Labute approximate surface area is 107 Å². The molecule has 1 aromatic heterocycles. The average Bonchev–Trinajstić information content (AvgIpc) is 2.78. The van der Waals surface area contributed by atoms with Gasteiger partial charge in [-0.05, 0) is 6.07 Å². The summed E-state index contributed by atoms with van der Waals surface area (Å²) in [6.45, 7) is 0.788. The molecule has 0 spiro atoms. The lowest BCUT2D eigenvalue weighted by Gasteiger charge is -2.01. The predicted molar refractivity (Wildman–Crippen MR) is 67.0 cm³/mol. The van der Waals surface area contributed by atoms with Gasteiger partial charge in [-0.2, -0.15) is 5.10 Å². The summed E-state index contributed by atoms with van der Waals surface area (Å²) in [5.41, 5.74) is 2.23. The van der Waals surface area contributed by atoms with Crippen molar-refractivity contribution < 1.29 is 14.5 Å². The number of nitrogens with zero attached hydrogens (tertiary/aromatic N) is 2. The molecule has 1 rings (SSSR count). The van der Waals surface area contributed by atoms with Crippen molar-refractivity contribution in [2.75, 3.05) is 20.3 Å². The van der Waals surface area contributed by atoms with Crippen molar-refractivity contribution in [3.8, 4) is 0 Å². The monoisotopic (exact) mass is 272 g/mol. The van der Waals surface area contributed by atoms with Crippen LogP contribution in [0.5, 0.6) is 0 Å². The van der Waals surface area contributed by atoms with Crippen LogP contribution in [0.4, 0.5) is 9.80 Å². The molecule has 2 amide bonds. The number of thiophene rings is 1. The molecule has 0 saturated carbocycles. The van der Waals surface area contributed by atoms with Gasteiger partial charge >= 0.3 is 11.0 Å². The van der Waals surface area contributed by atoms with Crippen LogP contribution >= 0.6 is 11.3 Å². The van der Waals surface area contributed by atoms with Crippen LogP contribution < -0.4 is 10.7 Å². The van der Waals surface area contributed by atoms with E-state index in [1.165, 1.54) is 19.4 Å². The second-order valence-corrected chi connectivity index (χ2v) is 4.15. The summed E-state index contributed by atoms with van der Waals surface area (Å²) in [4.78, 5) is 21.7. The van der Waals surface area contributed by atoms with E-state index in [1.54, 1.807) is 6.07 Å². The fraction of sp³-hybridized carbons (Fsp3) is 0.333. The van der Waals surface area contributed by atoms with Gasteiger partial charge in [0.25, 0.3) is 0 Å². The quantitative estimate of drug-likeness (QED) is 0.348. The van der Waals surface area contributed by atoms with E-state index in [-0.39, 0.29) is 5.00 Å². The van der Waals surface area contributed by atoms with E-state index in [0.29, 0.717) is 18.0 Å². The summed E-state index contributed by atoms with van der Waals surface area (Å²) < 4.78 is 4.75. The summed E-state index contributed by atoms with van der Waals surface area (Å²) in [6.07, 6.45) is 1.34. The van der Waals surface area contributed by atoms with Gasteiger partial charge in [0.2, 0.25) is 0 Å². The maximum absolute atomic E-state index is 11.1. The second kappa shape index (κ2) is 7.35. The summed E-state index contributed by atoms with van der Waals surface area (Å²) in [7, 11) is 1.53. The Morgan fingerprint density at radius 3 is 3.06 bits per heavy atom. The van der Waals surface area contributed by atoms with Crippen LogP contribution in [0, 0.1) is 10.1 Å². The van der Waals surface area contributed by atoms with Gasteiger partial charge in [0.15, 0.2) is 0 Å². The smallest absolute Gasteiger partial charge is 0.335 e. The molecule has 8 nitrogen and oxygen atoms in total. The van der Waals surface area contributed by atoms with E-state index in [2.05, 4.69) is 15.8 Å². The fourth-order valence-electron chi connectivity index (χ4n) is 0.970. The highest BCUT2D eigenvalue weighted by molar-refractivity contribution is 7.16. The molecule has 0 saturated heterocycles. The molecule has 98 valence electrons. The molecule has 9 heteroatoms. The van der Waals surface area contributed by atoms with E-state index < -0.39 is 11.0 Å². The number of ether oxygens (including phenoxy) is 1. The number of methoxy groups -OCH3 is 1. The summed E-state index contributed by atoms with van der Waals surface area (Å²) in [5.74, 6) is 0. The van der Waals surface area contributed by atoms with Gasteiger partial charge in [-0.15, -0.1) is 0 Å². The largest absolute Gasteiger partial charge is 0.383 e. The molecular formula is C9H12N4O4S. The van der Waals surface area contributed by atoms with E-state index >= 15 is 0 Å². The number of nitro groups is 1. The molecule has 1 aromatic rings. The number of hydrogen-bond acceptors (Lipinski definition) is 6. The zero-order valence-electron chi connectivity index (χ0n) is 9.58. The number of carbonyl (C=O) groups is 1. The Bertz CT molecular complexity index is 446. The lowest BCUT2D eigenvalue weighted by atomic mass is 10.5. The van der Waals surface area contributed by atoms with E-state index in [4.69, 9.17) is 4.74 Å². The van der Waals surface area contributed by atoms with Crippen LogP contribution in [-0.2, 0) is 4.74 Å². The summed E-state index contributed by atoms with van der Waals surface area (Å²) in [6, 6.07) is 2.47. The van der Waals surface area contributed by atoms with Crippen molar-refractivity contribution in [2.24, 2.45) is 5.10 Å². The zero-order valence-corrected chi connectivity index (χ0v) is 10.4. The molecule has 0 aromatic carbocycles. The van der Waals surface area contributed by atoms with Gasteiger partial charge in [0, 0.05) is 19.7 Å². The Balaban J connectivity index is 2.35. The van der Waals surface area contributed by atoms with Crippen LogP contribution in [0.2, 0.25) is 0 Å². The first-order valence-electron chi connectivity index (χ1n) is 4.93. The Morgan fingerprint density at radius 2 is 2.44 bits per heavy atom. The van der Waals surface area contributed by atoms with Gasteiger partial charge in [0.05, 0.1) is 22.6 Å². The lowest BCUT2D eigenvalue weighted by molar-refractivity contribution is -0.380. The average molecular weight is 272 g/mol. The van der Waals surface area contributed by atoms with Gasteiger partial charge in [-0.25, -0.2) is 10.2 Å². The second-order valence-electron chi connectivity index (χ2n) is 3.05. The molecule has 0 atom stereocenters. The number of nitrogens with one attached hydrogen (secondary N) is 2. The van der Waals surface area contributed by atoms with Crippen molar-refractivity contribution in [3.63, 3.8) is 0 Å². The number of hydrazone groups is 1. The third kappa shape index (κ3) is 4.89. The van der Waals surface area contributed by atoms with Crippen molar-refractivity contribution in [1.29, 1.82) is 0 Å². The molecule has 2 N–H and O–H groups in total. The van der Waals surface area contributed by atoms with Crippen LogP contribution in [0.1, 0.15) is 4.88 Å². The third-order valence-electron chi connectivity index (χ3n) is 1.74. The first-order chi connectivity index (χ1) is 8.63. The molecular weight excluding hydrogens is 260 g/mol. The normalized spacial score (nSPS) is 10.5. The van der Waals surface area contributed by atoms with E-state index in [1.807, 2.05) is 0 Å². The van der Waals surface area contributed by atoms with Crippen molar-refractivity contribution in [2.45, 2.75) is 0 Å². The molecule has 0 radical (unpaired) electrons. The van der Waals surface area contributed by atoms with Gasteiger partial charge in [-0.3, -0.25) is 10.1 Å². The standard InChI is InChI=1S/C9H12N4O4S/c1-17-5-4-10-9(14)12-11-6-7-2-3-8(18-7)13(15)16/h2-3,6H,4-5H2,1H3,(H2,10,12,14)/b11-6+. The van der Waals surface area contributed by atoms with Crippen molar-refractivity contribution in [1.82, 2.24) is 10.7 Å². The first-order valence-corrected chi connectivity index (χ1v) is 5.75. The van der Waals surface area contributed by atoms with E-state index in [0.717, 1.165) is 11.3 Å². The minimum Gasteiger partial charge on any atom is -0.383 e. The molecule has 0 bridgehead atoms. The number of carbonyl (C=O) groups excluding carboxylic acids is 1. The first kappa shape index (κ1) is 14.1. The number of amides is 2. The highest BCUT2D eigenvalue weighted by Gasteiger charge is 2.07. The Hall–Kier alpha value is -2.00. The van der Waals surface area contributed by atoms with Gasteiger partial charge < -0.3 is 10.1 Å². The summed E-state index contributed by atoms with van der Waals surface area (Å²) in [5, 5.41) is 16.6. The van der Waals surface area contributed by atoms with Crippen molar-refractivity contribution >= 4 is 28.6 Å². The van der Waals surface area contributed by atoms with Gasteiger partial charge in [-0.1, -0.05) is 11.3 Å². The van der Waals surface area contributed by atoms with Crippen molar-refractivity contribution in [3.05, 3.63) is 27.1 Å². The number of hydrogen-bond donors (Lipinski definition) is 2. The summed E-state index contributed by atoms with van der Waals surface area (Å²) >= 11 is 0.974. The fourth-order valence-corrected chi connectivity index (χ4v) is 1.66. The highest BCUT2D eigenvalue weighted by Crippen LogP contribution is 2.22. The Morgan fingerprint density at radius 1 is 1.67 bits per heavy atom. The SMILES string of the molecule is COCCNC(=O)N/N=C/c1ccc([N+](=O)[O-])s1. The molecule has 0 aliphatic rings. The van der Waals surface area contributed by atoms with Crippen LogP contribution in [0.15, 0.2) is 17.2 Å². The molecule has 0 fully saturated rings.